The molecule has 1 atom stereocenters. The maximum absolute atomic E-state index is 12.6. The molecule has 0 aliphatic carbocycles. The van der Waals surface area contributed by atoms with E-state index in [1.807, 2.05) is 41.6 Å². The Morgan fingerprint density at radius 2 is 1.85 bits per heavy atom. The van der Waals surface area contributed by atoms with Crippen LogP contribution in [0.3, 0.4) is 0 Å². The van der Waals surface area contributed by atoms with Gasteiger partial charge in [-0.3, -0.25) is 9.59 Å². The van der Waals surface area contributed by atoms with Gasteiger partial charge in [-0.05, 0) is 30.1 Å². The van der Waals surface area contributed by atoms with Crippen LogP contribution in [0.1, 0.15) is 12.0 Å². The summed E-state index contributed by atoms with van der Waals surface area (Å²) in [5.74, 6) is 0.993. The highest BCUT2D eigenvalue weighted by Gasteiger charge is 2.27. The molecule has 1 fully saturated rings. The molecule has 0 saturated carbocycles. The summed E-state index contributed by atoms with van der Waals surface area (Å²) in [5.41, 5.74) is 8.05. The molecule has 8 heteroatoms. The van der Waals surface area contributed by atoms with Crippen LogP contribution in [-0.2, 0) is 16.0 Å². The van der Waals surface area contributed by atoms with Gasteiger partial charge in [-0.25, -0.2) is 0 Å². The minimum absolute atomic E-state index is 0. The number of piperazine rings is 1. The van der Waals surface area contributed by atoms with Crippen molar-refractivity contribution in [3.8, 4) is 0 Å². The summed E-state index contributed by atoms with van der Waals surface area (Å²) in [7, 11) is 0. The number of carbonyl (C=O) groups is 2. The average molecular weight is 411 g/mol. The van der Waals surface area contributed by atoms with Crippen molar-refractivity contribution in [2.75, 3.05) is 38.2 Å². The Balaban J connectivity index is 0.00000261. The van der Waals surface area contributed by atoms with E-state index in [-0.39, 0.29) is 24.2 Å². The third-order valence-corrected chi connectivity index (χ3v) is 5.55. The number of para-hydroxylation sites is 1. The zero-order valence-electron chi connectivity index (χ0n) is 15.5. The first-order valence-electron chi connectivity index (χ1n) is 8.96. The van der Waals surface area contributed by atoms with E-state index in [0.717, 1.165) is 22.2 Å². The minimum atomic E-state index is -0.434. The molecule has 1 saturated heterocycles. The summed E-state index contributed by atoms with van der Waals surface area (Å²) in [5, 5.41) is 1.09. The Morgan fingerprint density at radius 1 is 1.19 bits per heavy atom. The highest BCUT2D eigenvalue weighted by atomic mass is 35.5. The lowest BCUT2D eigenvalue weighted by Gasteiger charge is -2.36. The van der Waals surface area contributed by atoms with Crippen LogP contribution in [0.25, 0.3) is 10.9 Å². The predicted octanol–water partition coefficient (Wildman–Crippen LogP) is 1.88. The number of aromatic nitrogens is 1. The summed E-state index contributed by atoms with van der Waals surface area (Å²) in [6.07, 6.45) is 4.99. The Morgan fingerprint density at radius 3 is 2.56 bits per heavy atom. The predicted molar refractivity (Wildman–Crippen MR) is 113 cm³/mol. The summed E-state index contributed by atoms with van der Waals surface area (Å²) >= 11 is 1.69. The zero-order chi connectivity index (χ0) is 18.5. The van der Waals surface area contributed by atoms with Gasteiger partial charge in [0.1, 0.15) is 0 Å². The van der Waals surface area contributed by atoms with Crippen LogP contribution >= 0.6 is 24.2 Å². The van der Waals surface area contributed by atoms with E-state index < -0.39 is 6.04 Å². The van der Waals surface area contributed by atoms with Crippen LogP contribution < -0.4 is 5.73 Å². The number of amides is 2. The molecular weight excluding hydrogens is 384 g/mol. The molecule has 2 aromatic rings. The third-order valence-electron chi connectivity index (χ3n) is 4.91. The van der Waals surface area contributed by atoms with Crippen LogP contribution in [0, 0.1) is 0 Å². The second-order valence-electron chi connectivity index (χ2n) is 6.63. The normalized spacial score (nSPS) is 15.5. The fourth-order valence-electron chi connectivity index (χ4n) is 3.33. The fraction of sp³-hybridized carbons (Fsp3) is 0.474. The fourth-order valence-corrected chi connectivity index (χ4v) is 3.82. The number of hydrogen-bond donors (Lipinski definition) is 2. The number of halogens is 1. The number of thioether (sulfide) groups is 1. The van der Waals surface area contributed by atoms with Crippen molar-refractivity contribution < 1.29 is 9.59 Å². The largest absolute Gasteiger partial charge is 0.361 e. The molecule has 1 aliphatic rings. The first-order chi connectivity index (χ1) is 12.6. The minimum Gasteiger partial charge on any atom is -0.361 e. The van der Waals surface area contributed by atoms with E-state index in [4.69, 9.17) is 5.73 Å². The number of carbonyl (C=O) groups excluding carboxylic acids is 2. The smallest absolute Gasteiger partial charge is 0.239 e. The second-order valence-corrected chi connectivity index (χ2v) is 7.62. The first kappa shape index (κ1) is 21.6. The highest BCUT2D eigenvalue weighted by molar-refractivity contribution is 7.98. The van der Waals surface area contributed by atoms with Crippen molar-refractivity contribution in [2.24, 2.45) is 5.73 Å². The molecule has 3 N–H and O–H groups in total. The van der Waals surface area contributed by atoms with Crippen molar-refractivity contribution in [2.45, 2.75) is 18.9 Å². The number of aromatic amines is 1. The van der Waals surface area contributed by atoms with E-state index >= 15 is 0 Å². The standard InChI is InChI=1S/C19H26N4O2S.ClH/c1-26-11-6-16(20)19(25)23-9-7-22(8-10-23)18(24)12-14-13-21-17-5-3-2-4-15(14)17;/h2-5,13,16,21H,6-12,20H2,1H3;1H. The number of benzene rings is 1. The number of rotatable bonds is 6. The SMILES string of the molecule is CSCCC(N)C(=O)N1CCN(C(=O)Cc2c[nH]c3ccccc23)CC1.Cl. The van der Waals surface area contributed by atoms with Gasteiger partial charge in [0.25, 0.3) is 0 Å². The van der Waals surface area contributed by atoms with Gasteiger partial charge in [0.15, 0.2) is 0 Å². The Kier molecular flexibility index (Phi) is 8.01. The molecule has 27 heavy (non-hydrogen) atoms. The molecule has 1 aliphatic heterocycles. The van der Waals surface area contributed by atoms with Crippen LogP contribution in [0.5, 0.6) is 0 Å². The topological polar surface area (TPSA) is 82.4 Å². The molecular formula is C19H27ClN4O2S. The average Bonchev–Trinajstić information content (AvgIpc) is 3.08. The molecule has 6 nitrogen and oxygen atoms in total. The maximum Gasteiger partial charge on any atom is 0.239 e. The van der Waals surface area contributed by atoms with Gasteiger partial charge in [0.05, 0.1) is 12.5 Å². The van der Waals surface area contributed by atoms with Gasteiger partial charge in [0, 0.05) is 43.3 Å². The van der Waals surface area contributed by atoms with Gasteiger partial charge in [-0.15, -0.1) is 12.4 Å². The lowest BCUT2D eigenvalue weighted by Crippen LogP contribution is -2.54. The number of hydrogen-bond acceptors (Lipinski definition) is 4. The number of fused-ring (bicyclic) bond motifs is 1. The molecule has 148 valence electrons. The number of H-pyrrole nitrogens is 1. The van der Waals surface area contributed by atoms with Crippen molar-refractivity contribution >= 4 is 46.9 Å². The highest BCUT2D eigenvalue weighted by Crippen LogP contribution is 2.19. The summed E-state index contributed by atoms with van der Waals surface area (Å²) < 4.78 is 0. The lowest BCUT2D eigenvalue weighted by molar-refractivity contribution is -0.140. The quantitative estimate of drug-likeness (QED) is 0.761. The van der Waals surface area contributed by atoms with Crippen molar-refractivity contribution in [1.82, 2.24) is 14.8 Å². The number of nitrogens with two attached hydrogens (primary N) is 1. The molecule has 3 rings (SSSR count). The zero-order valence-corrected chi connectivity index (χ0v) is 17.2. The van der Waals surface area contributed by atoms with E-state index in [1.165, 1.54) is 0 Å². The second kappa shape index (κ2) is 10.0. The van der Waals surface area contributed by atoms with Crippen molar-refractivity contribution in [3.63, 3.8) is 0 Å². The molecule has 1 aromatic carbocycles. The van der Waals surface area contributed by atoms with E-state index in [0.29, 0.717) is 39.0 Å². The number of nitrogens with zero attached hydrogens (tertiary/aromatic N) is 2. The van der Waals surface area contributed by atoms with Crippen LogP contribution in [-0.4, -0.2) is 70.8 Å². The monoisotopic (exact) mass is 410 g/mol. The number of nitrogens with one attached hydrogen (secondary N) is 1. The molecule has 0 radical (unpaired) electrons. The molecule has 1 unspecified atom stereocenters. The molecule has 1 aromatic heterocycles. The maximum atomic E-state index is 12.6. The van der Waals surface area contributed by atoms with Crippen LogP contribution in [0.4, 0.5) is 0 Å². The molecule has 0 spiro atoms. The van der Waals surface area contributed by atoms with Crippen LogP contribution in [0.15, 0.2) is 30.5 Å². The summed E-state index contributed by atoms with van der Waals surface area (Å²) in [4.78, 5) is 31.9. The summed E-state index contributed by atoms with van der Waals surface area (Å²) in [6, 6.07) is 7.56. The van der Waals surface area contributed by atoms with Crippen molar-refractivity contribution in [1.29, 1.82) is 0 Å². The van der Waals surface area contributed by atoms with Gasteiger partial charge in [0.2, 0.25) is 11.8 Å². The van der Waals surface area contributed by atoms with Crippen molar-refractivity contribution in [3.05, 3.63) is 36.0 Å². The lowest BCUT2D eigenvalue weighted by atomic mass is 10.1. The molecule has 0 bridgehead atoms. The first-order valence-corrected chi connectivity index (χ1v) is 10.4. The van der Waals surface area contributed by atoms with Crippen LogP contribution in [0.2, 0.25) is 0 Å². The molecule has 2 heterocycles. The summed E-state index contributed by atoms with van der Waals surface area (Å²) in [6.45, 7) is 2.27. The third kappa shape index (κ3) is 5.18. The van der Waals surface area contributed by atoms with Gasteiger partial charge in [-0.2, -0.15) is 11.8 Å². The Labute approximate surface area is 170 Å². The van der Waals surface area contributed by atoms with Gasteiger partial charge >= 0.3 is 0 Å². The Hall–Kier alpha value is -1.70. The van der Waals surface area contributed by atoms with E-state index in [9.17, 15) is 9.59 Å². The Bertz CT molecular complexity index is 774. The van der Waals surface area contributed by atoms with Gasteiger partial charge < -0.3 is 20.5 Å². The van der Waals surface area contributed by atoms with E-state index in [1.54, 1.807) is 16.7 Å². The van der Waals surface area contributed by atoms with Gasteiger partial charge in [-0.1, -0.05) is 18.2 Å². The van der Waals surface area contributed by atoms with E-state index in [2.05, 4.69) is 4.98 Å². The molecule has 2 amide bonds.